The van der Waals surface area contributed by atoms with Crippen LogP contribution in [0.25, 0.3) is 0 Å². The van der Waals surface area contributed by atoms with E-state index >= 15 is 0 Å². The maximum absolute atomic E-state index is 12.6. The van der Waals surface area contributed by atoms with Crippen LogP contribution in [0.5, 0.6) is 0 Å². The van der Waals surface area contributed by atoms with E-state index in [1.807, 2.05) is 13.8 Å². The van der Waals surface area contributed by atoms with Gasteiger partial charge in [-0.25, -0.2) is 0 Å². The van der Waals surface area contributed by atoms with Crippen molar-refractivity contribution in [2.75, 3.05) is 13.2 Å². The van der Waals surface area contributed by atoms with Crippen molar-refractivity contribution in [3.05, 3.63) is 33.3 Å². The number of halogens is 2. The van der Waals surface area contributed by atoms with Crippen molar-refractivity contribution in [1.29, 1.82) is 0 Å². The lowest BCUT2D eigenvalue weighted by atomic mass is 10.0. The summed E-state index contributed by atoms with van der Waals surface area (Å²) in [5.41, 5.74) is 1.26. The van der Waals surface area contributed by atoms with Gasteiger partial charge in [0.15, 0.2) is 0 Å². The monoisotopic (exact) mass is 343 g/mol. The molecule has 0 saturated heterocycles. The van der Waals surface area contributed by atoms with Gasteiger partial charge in [0, 0.05) is 12.1 Å². The average molecular weight is 344 g/mol. The van der Waals surface area contributed by atoms with Crippen molar-refractivity contribution in [3.8, 4) is 0 Å². The molecule has 22 heavy (non-hydrogen) atoms. The van der Waals surface area contributed by atoms with Crippen LogP contribution in [0.4, 0.5) is 0 Å². The summed E-state index contributed by atoms with van der Waals surface area (Å²) in [6, 6.07) is 2.92. The highest BCUT2D eigenvalue weighted by Crippen LogP contribution is 2.40. The van der Waals surface area contributed by atoms with Gasteiger partial charge in [-0.2, -0.15) is 0 Å². The number of carbonyl (C=O) groups excluding carboxylic acids is 2. The molecule has 1 aliphatic heterocycles. The molecule has 1 aliphatic rings. The highest BCUT2D eigenvalue weighted by Gasteiger charge is 2.38. The van der Waals surface area contributed by atoms with E-state index in [0.717, 1.165) is 5.56 Å². The molecule has 0 aliphatic carbocycles. The molecule has 1 aromatic rings. The number of benzene rings is 1. The molecule has 4 nitrogen and oxygen atoms in total. The van der Waals surface area contributed by atoms with Crippen LogP contribution in [0.15, 0.2) is 12.1 Å². The summed E-state index contributed by atoms with van der Waals surface area (Å²) in [5, 5.41) is 0.725. The summed E-state index contributed by atoms with van der Waals surface area (Å²) in [5.74, 6) is -0.154. The average Bonchev–Trinajstić information content (AvgIpc) is 2.65. The number of ether oxygens (including phenoxy) is 1. The van der Waals surface area contributed by atoms with Gasteiger partial charge >= 0.3 is 5.97 Å². The highest BCUT2D eigenvalue weighted by molar-refractivity contribution is 6.42. The standard InChI is InChI=1S/C16H19Cl2NO3/c1-4-22-15(20)7-14-10-5-12(17)13(18)6-11(10)16(21)19(14)8-9(2)3/h5-6,9,14H,4,7-8H2,1-3H3. The number of hydrogen-bond donors (Lipinski definition) is 0. The highest BCUT2D eigenvalue weighted by atomic mass is 35.5. The first-order valence-corrected chi connectivity index (χ1v) is 8.06. The predicted molar refractivity (Wildman–Crippen MR) is 86.3 cm³/mol. The number of carbonyl (C=O) groups is 2. The Morgan fingerprint density at radius 2 is 1.95 bits per heavy atom. The molecule has 0 fully saturated rings. The molecular formula is C16H19Cl2NO3. The number of rotatable bonds is 5. The van der Waals surface area contributed by atoms with E-state index in [-0.39, 0.29) is 30.3 Å². The zero-order valence-corrected chi connectivity index (χ0v) is 14.4. The van der Waals surface area contributed by atoms with Gasteiger partial charge in [-0.1, -0.05) is 37.0 Å². The summed E-state index contributed by atoms with van der Waals surface area (Å²) < 4.78 is 5.03. The topological polar surface area (TPSA) is 46.6 Å². The Bertz CT molecular complexity index is 601. The van der Waals surface area contributed by atoms with Gasteiger partial charge in [0.25, 0.3) is 5.91 Å². The van der Waals surface area contributed by atoms with Crippen LogP contribution in [-0.2, 0) is 9.53 Å². The Morgan fingerprint density at radius 1 is 1.32 bits per heavy atom. The second kappa shape index (κ2) is 6.88. The molecule has 1 aromatic carbocycles. The van der Waals surface area contributed by atoms with E-state index in [9.17, 15) is 9.59 Å². The normalized spacial score (nSPS) is 17.1. The van der Waals surface area contributed by atoms with Gasteiger partial charge in [-0.15, -0.1) is 0 Å². The lowest BCUT2D eigenvalue weighted by molar-refractivity contribution is -0.144. The smallest absolute Gasteiger partial charge is 0.308 e. The molecule has 0 spiro atoms. The molecule has 1 unspecified atom stereocenters. The molecule has 0 radical (unpaired) electrons. The molecule has 0 N–H and O–H groups in total. The van der Waals surface area contributed by atoms with E-state index < -0.39 is 0 Å². The Kier molecular flexibility index (Phi) is 5.35. The van der Waals surface area contributed by atoms with Crippen LogP contribution >= 0.6 is 23.2 Å². The van der Waals surface area contributed by atoms with Crippen LogP contribution < -0.4 is 0 Å². The molecular weight excluding hydrogens is 325 g/mol. The number of hydrogen-bond acceptors (Lipinski definition) is 3. The molecule has 1 heterocycles. The molecule has 1 amide bonds. The van der Waals surface area contributed by atoms with E-state index in [1.54, 1.807) is 24.0 Å². The maximum Gasteiger partial charge on any atom is 0.308 e. The van der Waals surface area contributed by atoms with Crippen LogP contribution in [0.2, 0.25) is 10.0 Å². The van der Waals surface area contributed by atoms with Crippen LogP contribution in [0.1, 0.15) is 49.2 Å². The SMILES string of the molecule is CCOC(=O)CC1c2cc(Cl)c(Cl)cc2C(=O)N1CC(C)C. The number of esters is 1. The molecule has 0 bridgehead atoms. The minimum absolute atomic E-state index is 0.114. The Morgan fingerprint density at radius 3 is 2.55 bits per heavy atom. The molecule has 120 valence electrons. The summed E-state index contributed by atoms with van der Waals surface area (Å²) in [6.07, 6.45) is 0.122. The lowest BCUT2D eigenvalue weighted by Gasteiger charge is -2.26. The van der Waals surface area contributed by atoms with Crippen molar-refractivity contribution in [1.82, 2.24) is 4.90 Å². The fourth-order valence-electron chi connectivity index (χ4n) is 2.69. The summed E-state index contributed by atoms with van der Waals surface area (Å²) in [6.45, 7) is 6.69. The van der Waals surface area contributed by atoms with Gasteiger partial charge in [-0.3, -0.25) is 9.59 Å². The zero-order valence-electron chi connectivity index (χ0n) is 12.9. The molecule has 1 atom stereocenters. The van der Waals surface area contributed by atoms with Crippen LogP contribution in [0, 0.1) is 5.92 Å². The van der Waals surface area contributed by atoms with Gasteiger partial charge in [-0.05, 0) is 30.5 Å². The first-order chi connectivity index (χ1) is 10.3. The first kappa shape index (κ1) is 17.1. The summed E-state index contributed by atoms with van der Waals surface area (Å²) >= 11 is 12.1. The predicted octanol–water partition coefficient (Wildman–Crippen LogP) is 4.10. The largest absolute Gasteiger partial charge is 0.466 e. The molecule has 2 rings (SSSR count). The molecule has 0 aromatic heterocycles. The van der Waals surface area contributed by atoms with Crippen molar-refractivity contribution in [3.63, 3.8) is 0 Å². The number of amides is 1. The number of nitrogens with zero attached hydrogens (tertiary/aromatic N) is 1. The van der Waals surface area contributed by atoms with Crippen molar-refractivity contribution in [2.24, 2.45) is 5.92 Å². The molecule has 0 saturated carbocycles. The minimum Gasteiger partial charge on any atom is -0.466 e. The lowest BCUT2D eigenvalue weighted by Crippen LogP contribution is -2.33. The summed E-state index contributed by atoms with van der Waals surface area (Å²) in [7, 11) is 0. The maximum atomic E-state index is 12.6. The fraction of sp³-hybridized carbons (Fsp3) is 0.500. The van der Waals surface area contributed by atoms with Gasteiger partial charge in [0.1, 0.15) is 0 Å². The second-order valence-corrected chi connectivity index (χ2v) is 6.54. The second-order valence-electron chi connectivity index (χ2n) is 5.73. The third kappa shape index (κ3) is 3.39. The minimum atomic E-state index is -0.348. The Hall–Kier alpha value is -1.26. The first-order valence-electron chi connectivity index (χ1n) is 7.30. The van der Waals surface area contributed by atoms with Gasteiger partial charge in [0.05, 0.1) is 29.1 Å². The van der Waals surface area contributed by atoms with Crippen LogP contribution in [-0.4, -0.2) is 29.9 Å². The van der Waals surface area contributed by atoms with Gasteiger partial charge < -0.3 is 9.64 Å². The van der Waals surface area contributed by atoms with E-state index in [0.29, 0.717) is 28.8 Å². The summed E-state index contributed by atoms with van der Waals surface area (Å²) in [4.78, 5) is 26.2. The van der Waals surface area contributed by atoms with Crippen molar-refractivity contribution in [2.45, 2.75) is 33.2 Å². The third-order valence-electron chi connectivity index (χ3n) is 3.55. The van der Waals surface area contributed by atoms with E-state index in [4.69, 9.17) is 27.9 Å². The third-order valence-corrected chi connectivity index (χ3v) is 4.27. The van der Waals surface area contributed by atoms with E-state index in [2.05, 4.69) is 0 Å². The fourth-order valence-corrected chi connectivity index (χ4v) is 3.02. The Labute approximate surface area is 140 Å². The Balaban J connectivity index is 2.39. The zero-order chi connectivity index (χ0) is 16.4. The molecule has 6 heteroatoms. The number of fused-ring (bicyclic) bond motifs is 1. The van der Waals surface area contributed by atoms with E-state index in [1.165, 1.54) is 0 Å². The van der Waals surface area contributed by atoms with Crippen molar-refractivity contribution < 1.29 is 14.3 Å². The van der Waals surface area contributed by atoms with Gasteiger partial charge in [0.2, 0.25) is 0 Å². The van der Waals surface area contributed by atoms with Crippen LogP contribution in [0.3, 0.4) is 0 Å². The van der Waals surface area contributed by atoms with Crippen molar-refractivity contribution >= 4 is 35.1 Å². The quantitative estimate of drug-likeness (QED) is 0.756.